The van der Waals surface area contributed by atoms with Crippen molar-refractivity contribution in [3.05, 3.63) is 58.7 Å². The summed E-state index contributed by atoms with van der Waals surface area (Å²) in [6, 6.07) is 11.1. The van der Waals surface area contributed by atoms with Crippen molar-refractivity contribution in [3.8, 4) is 0 Å². The van der Waals surface area contributed by atoms with E-state index in [0.717, 1.165) is 17.7 Å². The van der Waals surface area contributed by atoms with Gasteiger partial charge in [-0.15, -0.1) is 0 Å². The molecule has 0 saturated carbocycles. The minimum atomic E-state index is -4.45. The fourth-order valence-electron chi connectivity index (χ4n) is 2.02. The number of anilines is 1. The highest BCUT2D eigenvalue weighted by atomic mass is 35.5. The summed E-state index contributed by atoms with van der Waals surface area (Å²) < 4.78 is 38.3. The molecule has 2 rings (SSSR count). The number of benzene rings is 1. The van der Waals surface area contributed by atoms with Crippen molar-refractivity contribution in [2.24, 2.45) is 0 Å². The minimum absolute atomic E-state index is 0.116. The van der Waals surface area contributed by atoms with E-state index in [0.29, 0.717) is 6.42 Å². The number of nitrogens with one attached hydrogen (secondary N) is 1. The lowest BCUT2D eigenvalue weighted by Crippen LogP contribution is -2.12. The number of hydrogen-bond acceptors (Lipinski definition) is 2. The highest BCUT2D eigenvalue weighted by Crippen LogP contribution is 2.33. The van der Waals surface area contributed by atoms with Crippen LogP contribution in [0.5, 0.6) is 0 Å². The molecule has 0 aliphatic rings. The Morgan fingerprint density at radius 3 is 2.43 bits per heavy atom. The number of nitrogens with zero attached hydrogens (tertiary/aromatic N) is 1. The largest absolute Gasteiger partial charge is 0.416 e. The third kappa shape index (κ3) is 4.11. The predicted octanol–water partition coefficient (Wildman–Crippen LogP) is 5.32. The molecule has 0 aliphatic heterocycles. The SMILES string of the molecule is CCC(Nc1cc(C(F)(F)F)cc(Cl)n1)c1ccccc1. The summed E-state index contributed by atoms with van der Waals surface area (Å²) in [4.78, 5) is 3.91. The Labute approximate surface area is 126 Å². The van der Waals surface area contributed by atoms with E-state index in [2.05, 4.69) is 10.3 Å². The van der Waals surface area contributed by atoms with Crippen LogP contribution in [0.2, 0.25) is 5.15 Å². The Kier molecular flexibility index (Phi) is 4.73. The Hall–Kier alpha value is -1.75. The topological polar surface area (TPSA) is 24.9 Å². The van der Waals surface area contributed by atoms with Gasteiger partial charge in [-0.2, -0.15) is 13.2 Å². The van der Waals surface area contributed by atoms with Crippen LogP contribution in [-0.2, 0) is 6.18 Å². The van der Waals surface area contributed by atoms with Crippen LogP contribution in [0.4, 0.5) is 19.0 Å². The molecule has 1 atom stereocenters. The summed E-state index contributed by atoms with van der Waals surface area (Å²) in [5, 5.41) is 2.82. The molecule has 0 bridgehead atoms. The standard InChI is InChI=1S/C15H14ClF3N2/c1-2-12(10-6-4-3-5-7-10)20-14-9-11(15(17,18)19)8-13(16)21-14/h3-9,12H,2H2,1H3,(H,20,21). The maximum absolute atomic E-state index is 12.8. The zero-order chi connectivity index (χ0) is 15.5. The lowest BCUT2D eigenvalue weighted by atomic mass is 10.0. The zero-order valence-electron chi connectivity index (χ0n) is 11.3. The lowest BCUT2D eigenvalue weighted by molar-refractivity contribution is -0.137. The van der Waals surface area contributed by atoms with Gasteiger partial charge < -0.3 is 5.32 Å². The maximum atomic E-state index is 12.8. The van der Waals surface area contributed by atoms with Crippen molar-refractivity contribution in [1.82, 2.24) is 4.98 Å². The molecule has 112 valence electrons. The maximum Gasteiger partial charge on any atom is 0.416 e. The first kappa shape index (κ1) is 15.6. The van der Waals surface area contributed by atoms with Gasteiger partial charge in [-0.1, -0.05) is 48.9 Å². The average molecular weight is 315 g/mol. The molecule has 2 nitrogen and oxygen atoms in total. The van der Waals surface area contributed by atoms with Gasteiger partial charge in [-0.3, -0.25) is 0 Å². The number of halogens is 4. The summed E-state index contributed by atoms with van der Waals surface area (Å²) in [7, 11) is 0. The Bertz CT molecular complexity index is 600. The van der Waals surface area contributed by atoms with Crippen LogP contribution in [0.1, 0.15) is 30.5 Å². The van der Waals surface area contributed by atoms with E-state index in [4.69, 9.17) is 11.6 Å². The number of alkyl halides is 3. The Morgan fingerprint density at radius 2 is 1.86 bits per heavy atom. The molecule has 0 aliphatic carbocycles. The molecule has 2 aromatic rings. The predicted molar refractivity (Wildman–Crippen MR) is 77.3 cm³/mol. The van der Waals surface area contributed by atoms with Gasteiger partial charge in [0.25, 0.3) is 0 Å². The first-order chi connectivity index (χ1) is 9.90. The molecular formula is C15H14ClF3N2. The van der Waals surface area contributed by atoms with Crippen molar-refractivity contribution in [2.75, 3.05) is 5.32 Å². The molecule has 6 heteroatoms. The molecule has 1 heterocycles. The van der Waals surface area contributed by atoms with Crippen LogP contribution in [0.3, 0.4) is 0 Å². The summed E-state index contributed by atoms with van der Waals surface area (Å²) in [6.45, 7) is 1.94. The van der Waals surface area contributed by atoms with Gasteiger partial charge in [0.1, 0.15) is 11.0 Å². The normalized spacial score (nSPS) is 13.0. The van der Waals surface area contributed by atoms with E-state index >= 15 is 0 Å². The van der Waals surface area contributed by atoms with Gasteiger partial charge in [0.05, 0.1) is 11.6 Å². The lowest BCUT2D eigenvalue weighted by Gasteiger charge is -2.19. The molecule has 0 amide bonds. The van der Waals surface area contributed by atoms with E-state index in [1.54, 1.807) is 0 Å². The van der Waals surface area contributed by atoms with Crippen LogP contribution >= 0.6 is 11.6 Å². The van der Waals surface area contributed by atoms with E-state index in [-0.39, 0.29) is 17.0 Å². The number of pyridine rings is 1. The van der Waals surface area contributed by atoms with Gasteiger partial charge in [0, 0.05) is 0 Å². The van der Waals surface area contributed by atoms with E-state index in [1.165, 1.54) is 0 Å². The molecular weight excluding hydrogens is 301 g/mol. The monoisotopic (exact) mass is 314 g/mol. The Morgan fingerprint density at radius 1 is 1.19 bits per heavy atom. The zero-order valence-corrected chi connectivity index (χ0v) is 12.0. The number of hydrogen-bond donors (Lipinski definition) is 1. The molecule has 1 aromatic carbocycles. The third-order valence-corrected chi connectivity index (χ3v) is 3.25. The van der Waals surface area contributed by atoms with E-state index in [1.807, 2.05) is 37.3 Å². The second-order valence-corrected chi connectivity index (χ2v) is 4.96. The molecule has 1 aromatic heterocycles. The van der Waals surface area contributed by atoms with E-state index in [9.17, 15) is 13.2 Å². The van der Waals surface area contributed by atoms with Crippen molar-refractivity contribution in [3.63, 3.8) is 0 Å². The fourth-order valence-corrected chi connectivity index (χ4v) is 2.23. The Balaban J connectivity index is 2.28. The first-order valence-corrected chi connectivity index (χ1v) is 6.84. The first-order valence-electron chi connectivity index (χ1n) is 6.46. The van der Waals surface area contributed by atoms with E-state index < -0.39 is 11.7 Å². The van der Waals surface area contributed by atoms with Gasteiger partial charge in [0.15, 0.2) is 0 Å². The number of rotatable bonds is 4. The molecule has 1 unspecified atom stereocenters. The average Bonchev–Trinajstić information content (AvgIpc) is 2.44. The second kappa shape index (κ2) is 6.35. The highest BCUT2D eigenvalue weighted by molar-refractivity contribution is 6.29. The van der Waals surface area contributed by atoms with Gasteiger partial charge in [-0.05, 0) is 24.1 Å². The van der Waals surface area contributed by atoms with Crippen LogP contribution in [0.25, 0.3) is 0 Å². The molecule has 0 fully saturated rings. The van der Waals surface area contributed by atoms with Crippen LogP contribution in [0.15, 0.2) is 42.5 Å². The molecule has 21 heavy (non-hydrogen) atoms. The molecule has 0 spiro atoms. The van der Waals surface area contributed by atoms with Crippen molar-refractivity contribution < 1.29 is 13.2 Å². The second-order valence-electron chi connectivity index (χ2n) is 4.58. The third-order valence-electron chi connectivity index (χ3n) is 3.05. The van der Waals surface area contributed by atoms with Crippen molar-refractivity contribution in [1.29, 1.82) is 0 Å². The number of aromatic nitrogens is 1. The summed E-state index contributed by atoms with van der Waals surface area (Å²) in [5.74, 6) is 0.116. The summed E-state index contributed by atoms with van der Waals surface area (Å²) in [5.41, 5.74) is 0.170. The highest BCUT2D eigenvalue weighted by Gasteiger charge is 2.31. The van der Waals surface area contributed by atoms with Gasteiger partial charge >= 0.3 is 6.18 Å². The fraction of sp³-hybridized carbons (Fsp3) is 0.267. The summed E-state index contributed by atoms with van der Waals surface area (Å²) in [6.07, 6.45) is -3.74. The van der Waals surface area contributed by atoms with Gasteiger partial charge in [0.2, 0.25) is 0 Å². The summed E-state index contributed by atoms with van der Waals surface area (Å²) >= 11 is 5.68. The quantitative estimate of drug-likeness (QED) is 0.773. The minimum Gasteiger partial charge on any atom is -0.363 e. The molecule has 0 saturated heterocycles. The van der Waals surface area contributed by atoms with Crippen molar-refractivity contribution in [2.45, 2.75) is 25.6 Å². The van der Waals surface area contributed by atoms with Crippen molar-refractivity contribution >= 4 is 17.4 Å². The van der Waals surface area contributed by atoms with Crippen LogP contribution in [-0.4, -0.2) is 4.98 Å². The molecule has 1 N–H and O–H groups in total. The van der Waals surface area contributed by atoms with Gasteiger partial charge in [-0.25, -0.2) is 4.98 Å². The van der Waals surface area contributed by atoms with Crippen LogP contribution < -0.4 is 5.32 Å². The molecule has 0 radical (unpaired) electrons. The smallest absolute Gasteiger partial charge is 0.363 e. The van der Waals surface area contributed by atoms with Crippen LogP contribution in [0, 0.1) is 0 Å².